The average Bonchev–Trinajstić information content (AvgIpc) is 3.25. The van der Waals surface area contributed by atoms with E-state index in [0.29, 0.717) is 12.4 Å². The molecular weight excluding hydrogens is 380 g/mol. The number of aromatic nitrogens is 3. The highest BCUT2D eigenvalue weighted by atomic mass is 16.5. The summed E-state index contributed by atoms with van der Waals surface area (Å²) in [6, 6.07) is 15.3. The Morgan fingerprint density at radius 3 is 2.63 bits per heavy atom. The van der Waals surface area contributed by atoms with Gasteiger partial charge in [-0.3, -0.25) is 4.79 Å². The van der Waals surface area contributed by atoms with Crippen molar-refractivity contribution in [1.82, 2.24) is 14.8 Å². The number of methoxy groups -OCH3 is 2. The monoisotopic (exact) mass is 402 g/mol. The topological polar surface area (TPSA) is 78.3 Å². The molecule has 7 heteroatoms. The van der Waals surface area contributed by atoms with Gasteiger partial charge in [0.15, 0.2) is 0 Å². The fraction of sp³-hybridized carbons (Fsp3) is 0.261. The van der Waals surface area contributed by atoms with Crippen LogP contribution in [0.5, 0.6) is 11.5 Å². The van der Waals surface area contributed by atoms with E-state index in [-0.39, 0.29) is 23.7 Å². The zero-order valence-corrected chi connectivity index (χ0v) is 16.8. The van der Waals surface area contributed by atoms with Crippen LogP contribution in [0.25, 0.3) is 0 Å². The summed E-state index contributed by atoms with van der Waals surface area (Å²) < 4.78 is 12.6. The van der Waals surface area contributed by atoms with Crippen molar-refractivity contribution in [3.63, 3.8) is 0 Å². The van der Waals surface area contributed by atoms with E-state index >= 15 is 0 Å². The van der Waals surface area contributed by atoms with Gasteiger partial charge < -0.3 is 14.8 Å². The lowest BCUT2D eigenvalue weighted by atomic mass is 9.75. The van der Waals surface area contributed by atoms with Gasteiger partial charge in [-0.15, -0.1) is 0 Å². The van der Waals surface area contributed by atoms with Crippen LogP contribution in [0, 0.1) is 5.92 Å². The number of rotatable bonds is 4. The van der Waals surface area contributed by atoms with E-state index < -0.39 is 0 Å². The van der Waals surface area contributed by atoms with E-state index in [1.807, 2.05) is 48.5 Å². The number of ether oxygens (including phenoxy) is 2. The third-order valence-corrected chi connectivity index (χ3v) is 5.89. The summed E-state index contributed by atoms with van der Waals surface area (Å²) in [6.07, 6.45) is 4.08. The van der Waals surface area contributed by atoms with Crippen LogP contribution in [-0.2, 0) is 4.79 Å². The molecule has 0 spiro atoms. The molecule has 0 saturated carbocycles. The first-order valence-corrected chi connectivity index (χ1v) is 9.87. The number of anilines is 1. The second kappa shape index (κ2) is 7.33. The molecule has 0 saturated heterocycles. The van der Waals surface area contributed by atoms with Gasteiger partial charge in [-0.25, -0.2) is 4.68 Å². The molecule has 1 aliphatic heterocycles. The maximum Gasteiger partial charge on any atom is 0.226 e. The summed E-state index contributed by atoms with van der Waals surface area (Å²) in [5, 5.41) is 7.74. The van der Waals surface area contributed by atoms with Crippen molar-refractivity contribution in [3.05, 3.63) is 77.8 Å². The fourth-order valence-corrected chi connectivity index (χ4v) is 4.46. The van der Waals surface area contributed by atoms with Crippen LogP contribution in [0.4, 0.5) is 5.95 Å². The Morgan fingerprint density at radius 1 is 1.07 bits per heavy atom. The number of ketones is 1. The first-order valence-electron chi connectivity index (χ1n) is 9.87. The van der Waals surface area contributed by atoms with E-state index in [0.717, 1.165) is 28.3 Å². The molecule has 0 fully saturated rings. The molecule has 2 aliphatic rings. The molecule has 3 aromatic rings. The van der Waals surface area contributed by atoms with Crippen molar-refractivity contribution in [1.29, 1.82) is 0 Å². The van der Waals surface area contributed by atoms with Crippen molar-refractivity contribution < 1.29 is 14.3 Å². The van der Waals surface area contributed by atoms with Crippen LogP contribution in [0.2, 0.25) is 0 Å². The predicted molar refractivity (Wildman–Crippen MR) is 112 cm³/mol. The molecule has 2 aromatic carbocycles. The number of Topliss-reactive ketones (excluding diaryl/α,β-unsaturated/α-hetero) is 1. The number of carbonyl (C=O) groups excluding carboxylic acids is 1. The van der Waals surface area contributed by atoms with Crippen molar-refractivity contribution in [2.45, 2.75) is 18.4 Å². The van der Waals surface area contributed by atoms with E-state index in [9.17, 15) is 4.79 Å². The highest BCUT2D eigenvalue weighted by Gasteiger charge is 2.44. The van der Waals surface area contributed by atoms with Gasteiger partial charge in [0, 0.05) is 23.6 Å². The van der Waals surface area contributed by atoms with E-state index in [2.05, 4.69) is 21.5 Å². The summed E-state index contributed by atoms with van der Waals surface area (Å²) in [5.41, 5.74) is 2.86. The summed E-state index contributed by atoms with van der Waals surface area (Å²) >= 11 is 0. The second-order valence-corrected chi connectivity index (χ2v) is 7.49. The predicted octanol–water partition coefficient (Wildman–Crippen LogP) is 3.57. The molecule has 1 aliphatic carbocycles. The van der Waals surface area contributed by atoms with Crippen LogP contribution in [-0.4, -0.2) is 34.8 Å². The van der Waals surface area contributed by atoms with Gasteiger partial charge in [-0.05, 0) is 23.8 Å². The number of nitrogens with one attached hydrogen (secondary N) is 1. The number of carbonyl (C=O) groups is 1. The maximum atomic E-state index is 13.4. The molecule has 0 bridgehead atoms. The van der Waals surface area contributed by atoms with Crippen LogP contribution < -0.4 is 14.8 Å². The standard InChI is InChI=1S/C23H22N4O3/c1-29-16-9-7-14(8-10-16)15-11-18-21(19(28)12-15)22(27-23(26-18)24-13-25-27)17-5-3-4-6-20(17)30-2/h3-11,13,15,21-22H,12H2,1-2H3,(H,24,25,26)/t15-,21-,22-/m0/s1. The Labute approximate surface area is 174 Å². The molecule has 1 N–H and O–H groups in total. The molecule has 2 heterocycles. The molecule has 0 amide bonds. The summed E-state index contributed by atoms with van der Waals surface area (Å²) in [6.45, 7) is 0. The third-order valence-electron chi connectivity index (χ3n) is 5.89. The smallest absolute Gasteiger partial charge is 0.226 e. The highest BCUT2D eigenvalue weighted by molar-refractivity contribution is 5.89. The Morgan fingerprint density at radius 2 is 1.87 bits per heavy atom. The Kier molecular flexibility index (Phi) is 4.50. The first-order chi connectivity index (χ1) is 14.7. The summed E-state index contributed by atoms with van der Waals surface area (Å²) in [7, 11) is 3.28. The van der Waals surface area contributed by atoms with Crippen LogP contribution >= 0.6 is 0 Å². The van der Waals surface area contributed by atoms with Crippen LogP contribution in [0.1, 0.15) is 29.5 Å². The summed E-state index contributed by atoms with van der Waals surface area (Å²) in [5.74, 6) is 1.94. The van der Waals surface area contributed by atoms with Gasteiger partial charge in [-0.1, -0.05) is 36.4 Å². The molecule has 3 atom stereocenters. The lowest BCUT2D eigenvalue weighted by Gasteiger charge is -2.38. The molecule has 7 nitrogen and oxygen atoms in total. The lowest BCUT2D eigenvalue weighted by molar-refractivity contribution is -0.123. The first kappa shape index (κ1) is 18.4. The zero-order valence-electron chi connectivity index (χ0n) is 16.8. The minimum absolute atomic E-state index is 0.00468. The molecule has 152 valence electrons. The highest BCUT2D eigenvalue weighted by Crippen LogP contribution is 2.45. The van der Waals surface area contributed by atoms with Gasteiger partial charge in [0.25, 0.3) is 0 Å². The van der Waals surface area contributed by atoms with Crippen molar-refractivity contribution >= 4 is 11.7 Å². The molecule has 0 unspecified atom stereocenters. The van der Waals surface area contributed by atoms with Crippen molar-refractivity contribution in [2.75, 3.05) is 19.5 Å². The molecule has 5 rings (SSSR count). The minimum Gasteiger partial charge on any atom is -0.497 e. The van der Waals surface area contributed by atoms with Gasteiger partial charge in [-0.2, -0.15) is 10.1 Å². The van der Waals surface area contributed by atoms with Crippen molar-refractivity contribution in [2.24, 2.45) is 5.92 Å². The van der Waals surface area contributed by atoms with Gasteiger partial charge in [0.1, 0.15) is 23.6 Å². The number of allylic oxidation sites excluding steroid dienone is 2. The van der Waals surface area contributed by atoms with Crippen molar-refractivity contribution in [3.8, 4) is 11.5 Å². The van der Waals surface area contributed by atoms with Crippen LogP contribution in [0.15, 0.2) is 66.6 Å². The number of nitrogens with zero attached hydrogens (tertiary/aromatic N) is 3. The molecule has 30 heavy (non-hydrogen) atoms. The SMILES string of the molecule is COc1ccc([C@H]2C=C3Nc4ncnn4[C@@H](c4ccccc4OC)[C@@H]3C(=O)C2)cc1. The molecule has 0 radical (unpaired) electrons. The maximum absolute atomic E-state index is 13.4. The van der Waals surface area contributed by atoms with Gasteiger partial charge in [0.05, 0.1) is 26.2 Å². The lowest BCUT2D eigenvalue weighted by Crippen LogP contribution is -2.40. The van der Waals surface area contributed by atoms with Crippen LogP contribution in [0.3, 0.4) is 0 Å². The van der Waals surface area contributed by atoms with Gasteiger partial charge >= 0.3 is 0 Å². The molecule has 1 aromatic heterocycles. The van der Waals surface area contributed by atoms with E-state index in [1.54, 1.807) is 18.9 Å². The van der Waals surface area contributed by atoms with E-state index in [4.69, 9.17) is 9.47 Å². The minimum atomic E-state index is -0.370. The largest absolute Gasteiger partial charge is 0.497 e. The normalized spacial score (nSPS) is 22.4. The Hall–Kier alpha value is -3.61. The number of hydrogen-bond acceptors (Lipinski definition) is 6. The van der Waals surface area contributed by atoms with Gasteiger partial charge in [0.2, 0.25) is 5.95 Å². The number of para-hydroxylation sites is 1. The number of hydrogen-bond donors (Lipinski definition) is 1. The average molecular weight is 402 g/mol. The van der Waals surface area contributed by atoms with E-state index in [1.165, 1.54) is 6.33 Å². The zero-order chi connectivity index (χ0) is 20.7. The third kappa shape index (κ3) is 2.94. The number of benzene rings is 2. The number of fused-ring (bicyclic) bond motifs is 2. The fourth-order valence-electron chi connectivity index (χ4n) is 4.46. The Bertz CT molecular complexity index is 1120. The molecular formula is C23H22N4O3. The summed E-state index contributed by atoms with van der Waals surface area (Å²) in [4.78, 5) is 17.8. The Balaban J connectivity index is 1.59. The second-order valence-electron chi connectivity index (χ2n) is 7.49. The quantitative estimate of drug-likeness (QED) is 0.719.